The Hall–Kier alpha value is -2.86. The zero-order valence-corrected chi connectivity index (χ0v) is 17.3. The molecule has 2 heterocycles. The van der Waals surface area contributed by atoms with Gasteiger partial charge in [-0.25, -0.2) is 9.18 Å². The van der Waals surface area contributed by atoms with E-state index in [2.05, 4.69) is 11.4 Å². The van der Waals surface area contributed by atoms with Crippen LogP contribution in [0, 0.1) is 30.0 Å². The fourth-order valence-electron chi connectivity index (χ4n) is 4.50. The molecule has 2 aromatic rings. The standard InChI is InChI=1S/C21H27FN6O2/c1-12(5-7-23)25-10-14-6-8-26(11-14)19-13(2)18-16(9-17(19)22)20(29)28(24)21(30)27(18)15-3-4-15/h9,12,14-15,25H,3-6,8,10-11,24H2,1-2H3. The molecule has 1 saturated heterocycles. The Bertz CT molecular complexity index is 1140. The van der Waals surface area contributed by atoms with Crippen LogP contribution in [0.2, 0.25) is 0 Å². The molecule has 160 valence electrons. The van der Waals surface area contributed by atoms with Crippen LogP contribution in [-0.2, 0) is 0 Å². The number of hydrogen-bond acceptors (Lipinski definition) is 6. The fourth-order valence-corrected chi connectivity index (χ4v) is 4.50. The molecule has 2 atom stereocenters. The normalized spacial score (nSPS) is 19.9. The molecule has 0 amide bonds. The van der Waals surface area contributed by atoms with E-state index in [4.69, 9.17) is 11.1 Å². The molecule has 2 unspecified atom stereocenters. The highest BCUT2D eigenvalue weighted by atomic mass is 19.1. The van der Waals surface area contributed by atoms with E-state index in [-0.39, 0.29) is 17.5 Å². The maximum Gasteiger partial charge on any atom is 0.350 e. The van der Waals surface area contributed by atoms with Crippen LogP contribution in [0.3, 0.4) is 0 Å². The lowest BCUT2D eigenvalue weighted by molar-refractivity contribution is 0.466. The van der Waals surface area contributed by atoms with E-state index in [1.807, 2.05) is 11.8 Å². The van der Waals surface area contributed by atoms with Crippen molar-refractivity contribution in [3.8, 4) is 6.07 Å². The molecule has 8 nitrogen and oxygen atoms in total. The Balaban J connectivity index is 1.70. The minimum Gasteiger partial charge on any atom is -0.369 e. The SMILES string of the molecule is Cc1c(N2CCC(CNC(C)CC#N)C2)c(F)cc2c(=O)n(N)c(=O)n(C3CC3)c12. The van der Waals surface area contributed by atoms with Crippen molar-refractivity contribution >= 4 is 16.6 Å². The number of fused-ring (bicyclic) bond motifs is 1. The van der Waals surface area contributed by atoms with Gasteiger partial charge in [-0.05, 0) is 51.6 Å². The van der Waals surface area contributed by atoms with E-state index < -0.39 is 17.1 Å². The van der Waals surface area contributed by atoms with Gasteiger partial charge in [0.05, 0.1) is 29.1 Å². The molecule has 0 bridgehead atoms. The van der Waals surface area contributed by atoms with Crippen molar-refractivity contribution in [3.05, 3.63) is 38.3 Å². The number of aromatic nitrogens is 2. The molecule has 2 aliphatic rings. The molecule has 1 aliphatic carbocycles. The lowest BCUT2D eigenvalue weighted by Gasteiger charge is -2.24. The number of nitrogens with zero attached hydrogens (tertiary/aromatic N) is 4. The van der Waals surface area contributed by atoms with Gasteiger partial charge in [0, 0.05) is 30.7 Å². The van der Waals surface area contributed by atoms with Gasteiger partial charge in [0.2, 0.25) is 0 Å². The topological polar surface area (TPSA) is 109 Å². The van der Waals surface area contributed by atoms with Gasteiger partial charge in [0.1, 0.15) is 5.82 Å². The van der Waals surface area contributed by atoms with Gasteiger partial charge < -0.3 is 16.1 Å². The Kier molecular flexibility index (Phi) is 5.28. The lowest BCUT2D eigenvalue weighted by Crippen LogP contribution is -2.44. The molecule has 30 heavy (non-hydrogen) atoms. The Morgan fingerprint density at radius 1 is 1.37 bits per heavy atom. The van der Waals surface area contributed by atoms with Crippen molar-refractivity contribution < 1.29 is 4.39 Å². The summed E-state index contributed by atoms with van der Waals surface area (Å²) in [5.74, 6) is 5.55. The Labute approximate surface area is 173 Å². The number of nitrogens with two attached hydrogens (primary N) is 1. The molecule has 0 radical (unpaired) electrons. The molecular weight excluding hydrogens is 387 g/mol. The van der Waals surface area contributed by atoms with E-state index in [9.17, 15) is 9.59 Å². The van der Waals surface area contributed by atoms with Crippen LogP contribution >= 0.6 is 0 Å². The highest BCUT2D eigenvalue weighted by Crippen LogP contribution is 2.39. The van der Waals surface area contributed by atoms with E-state index in [1.165, 1.54) is 6.07 Å². The monoisotopic (exact) mass is 414 g/mol. The van der Waals surface area contributed by atoms with E-state index in [0.29, 0.717) is 46.9 Å². The summed E-state index contributed by atoms with van der Waals surface area (Å²) in [6, 6.07) is 3.50. The van der Waals surface area contributed by atoms with Crippen LogP contribution in [-0.4, -0.2) is 34.9 Å². The third-order valence-corrected chi connectivity index (χ3v) is 6.23. The lowest BCUT2D eigenvalue weighted by atomic mass is 10.1. The molecule has 2 fully saturated rings. The average molecular weight is 414 g/mol. The van der Waals surface area contributed by atoms with Crippen molar-refractivity contribution in [1.29, 1.82) is 5.26 Å². The number of nitriles is 1. The minimum absolute atomic E-state index is 0.00422. The molecule has 3 N–H and O–H groups in total. The van der Waals surface area contributed by atoms with Crippen LogP contribution in [0.4, 0.5) is 10.1 Å². The van der Waals surface area contributed by atoms with E-state index >= 15 is 4.39 Å². The second-order valence-corrected chi connectivity index (χ2v) is 8.56. The smallest absolute Gasteiger partial charge is 0.350 e. The number of nitrogens with one attached hydrogen (secondary N) is 1. The Morgan fingerprint density at radius 3 is 2.77 bits per heavy atom. The van der Waals surface area contributed by atoms with Gasteiger partial charge in [-0.3, -0.25) is 9.36 Å². The molecule has 1 aliphatic heterocycles. The number of hydrogen-bond donors (Lipinski definition) is 2. The van der Waals surface area contributed by atoms with Crippen molar-refractivity contribution in [2.45, 2.75) is 51.6 Å². The molecular formula is C21H27FN6O2. The number of halogens is 1. The number of nitrogen functional groups attached to an aromatic ring is 1. The maximum atomic E-state index is 15.2. The second kappa shape index (κ2) is 7.76. The van der Waals surface area contributed by atoms with Crippen LogP contribution in [0.15, 0.2) is 15.7 Å². The highest BCUT2D eigenvalue weighted by Gasteiger charge is 2.32. The van der Waals surface area contributed by atoms with Crippen molar-refractivity contribution in [3.63, 3.8) is 0 Å². The molecule has 4 rings (SSSR count). The predicted octanol–water partition coefficient (Wildman–Crippen LogP) is 1.38. The van der Waals surface area contributed by atoms with E-state index in [0.717, 1.165) is 25.8 Å². The average Bonchev–Trinajstić information content (AvgIpc) is 3.44. The Morgan fingerprint density at radius 2 is 2.10 bits per heavy atom. The number of aryl methyl sites for hydroxylation is 1. The summed E-state index contributed by atoms with van der Waals surface area (Å²) >= 11 is 0. The van der Waals surface area contributed by atoms with Crippen molar-refractivity contribution in [2.24, 2.45) is 5.92 Å². The largest absolute Gasteiger partial charge is 0.369 e. The summed E-state index contributed by atoms with van der Waals surface area (Å²) in [4.78, 5) is 27.2. The first kappa shape index (κ1) is 20.4. The van der Waals surface area contributed by atoms with Crippen molar-refractivity contribution in [2.75, 3.05) is 30.4 Å². The third-order valence-electron chi connectivity index (χ3n) is 6.23. The molecule has 0 spiro atoms. The van der Waals surface area contributed by atoms with E-state index in [1.54, 1.807) is 11.5 Å². The van der Waals surface area contributed by atoms with Crippen molar-refractivity contribution in [1.82, 2.24) is 14.6 Å². The summed E-state index contributed by atoms with van der Waals surface area (Å²) in [7, 11) is 0. The third kappa shape index (κ3) is 3.45. The first-order valence-electron chi connectivity index (χ1n) is 10.4. The summed E-state index contributed by atoms with van der Waals surface area (Å²) in [5.41, 5.74) is 0.340. The van der Waals surface area contributed by atoms with Crippen LogP contribution < -0.4 is 27.3 Å². The van der Waals surface area contributed by atoms with Crippen LogP contribution in [0.5, 0.6) is 0 Å². The second-order valence-electron chi connectivity index (χ2n) is 8.56. The molecule has 1 aromatic heterocycles. The number of rotatable bonds is 6. The van der Waals surface area contributed by atoms with Crippen LogP contribution in [0.25, 0.3) is 10.9 Å². The summed E-state index contributed by atoms with van der Waals surface area (Å²) < 4.78 is 17.3. The number of benzene rings is 1. The predicted molar refractivity (Wildman–Crippen MR) is 114 cm³/mol. The van der Waals surface area contributed by atoms with Crippen LogP contribution in [0.1, 0.15) is 44.2 Å². The number of anilines is 1. The first-order chi connectivity index (χ1) is 14.3. The highest BCUT2D eigenvalue weighted by molar-refractivity contribution is 5.87. The summed E-state index contributed by atoms with van der Waals surface area (Å²) in [6.45, 7) is 5.89. The zero-order chi connectivity index (χ0) is 21.6. The maximum absolute atomic E-state index is 15.2. The summed E-state index contributed by atoms with van der Waals surface area (Å²) in [5, 5.41) is 12.3. The zero-order valence-electron chi connectivity index (χ0n) is 17.3. The van der Waals surface area contributed by atoms with Gasteiger partial charge in [-0.2, -0.15) is 9.94 Å². The van der Waals surface area contributed by atoms with Gasteiger partial charge >= 0.3 is 5.69 Å². The first-order valence-corrected chi connectivity index (χ1v) is 10.4. The minimum atomic E-state index is -0.671. The fraction of sp³-hybridized carbons (Fsp3) is 0.571. The molecule has 9 heteroatoms. The molecule has 1 aromatic carbocycles. The summed E-state index contributed by atoms with van der Waals surface area (Å²) in [6.07, 6.45) is 3.05. The van der Waals surface area contributed by atoms with Gasteiger partial charge in [0.15, 0.2) is 0 Å². The quantitative estimate of drug-likeness (QED) is 0.691. The van der Waals surface area contributed by atoms with Gasteiger partial charge in [-0.15, -0.1) is 0 Å². The van der Waals surface area contributed by atoms with Gasteiger partial charge in [0.25, 0.3) is 5.56 Å². The van der Waals surface area contributed by atoms with Gasteiger partial charge in [-0.1, -0.05) is 0 Å². The molecule has 1 saturated carbocycles.